The third kappa shape index (κ3) is 13.9. The third-order valence-electron chi connectivity index (χ3n) is 11.7. The highest BCUT2D eigenvalue weighted by molar-refractivity contribution is 7.87. The molecule has 0 bridgehead atoms. The molecular formula is C45H32Cl2N14O20S6. The van der Waals surface area contributed by atoms with E-state index in [-0.39, 0.29) is 17.6 Å². The summed E-state index contributed by atoms with van der Waals surface area (Å²) in [5.41, 5.74) is -3.58. The smallest absolute Gasteiger partial charge is 0.296 e. The number of halogens is 2. The number of hydrogen-bond donors (Lipinski definition) is 11. The lowest BCUT2D eigenvalue weighted by Gasteiger charge is -2.19. The van der Waals surface area contributed by atoms with Gasteiger partial charge in [0.25, 0.3) is 60.7 Å². The number of nitrogens with zero attached hydrogens (tertiary/aromatic N) is 11. The maximum absolute atomic E-state index is 12.7. The number of hydrogen-bond acceptors (Lipinski definition) is 28. The lowest BCUT2D eigenvalue weighted by molar-refractivity contribution is 0.471. The molecule has 2 heterocycles. The first kappa shape index (κ1) is 62.6. The van der Waals surface area contributed by atoms with Crippen molar-refractivity contribution in [3.63, 3.8) is 0 Å². The minimum Gasteiger partial charge on any atom is -0.505 e. The minimum atomic E-state index is -5.38. The Kier molecular flexibility index (Phi) is 16.6. The summed E-state index contributed by atoms with van der Waals surface area (Å²) in [7, 11) is -29.4. The van der Waals surface area contributed by atoms with E-state index in [1.54, 1.807) is 0 Å². The highest BCUT2D eigenvalue weighted by Gasteiger charge is 2.29. The summed E-state index contributed by atoms with van der Waals surface area (Å²) in [6, 6.07) is 19.0. The van der Waals surface area contributed by atoms with Crippen molar-refractivity contribution in [1.82, 2.24) is 29.9 Å². The molecule has 9 rings (SSSR count). The van der Waals surface area contributed by atoms with E-state index in [0.717, 1.165) is 42.5 Å². The van der Waals surface area contributed by atoms with Crippen LogP contribution in [0.1, 0.15) is 0 Å². The van der Waals surface area contributed by atoms with Crippen LogP contribution in [-0.2, 0) is 60.7 Å². The van der Waals surface area contributed by atoms with Crippen molar-refractivity contribution in [3.05, 3.63) is 120 Å². The first-order valence-corrected chi connectivity index (χ1v) is 32.4. The SMILES string of the molecule is CN(c1ccc(Nc2nc(Cl)nc(Nc3cc(S(=O)(=O)O)cc4cc(S(=O)(=O)O)c(/N=N/c5ccccc5S(=O)(=O)O)c(O)c34)n2)cc1)c1nc(Cl)nc(Nc2cc(S(=O)(=O)O)cc3cc(S(=O)(=O)O)c(/N=N/c4ccccc4S(=O)(=O)O)c(O)c23)n1. The first-order valence-electron chi connectivity index (χ1n) is 23.0. The number of aromatic nitrogens is 6. The predicted molar refractivity (Wildman–Crippen MR) is 305 cm³/mol. The maximum Gasteiger partial charge on any atom is 0.296 e. The molecule has 7 aromatic carbocycles. The number of rotatable bonds is 18. The fourth-order valence-corrected chi connectivity index (χ4v) is 12.0. The Bertz CT molecular complexity index is 5180. The Labute approximate surface area is 498 Å². The number of azo groups is 2. The zero-order valence-corrected chi connectivity index (χ0v) is 48.9. The fraction of sp³-hybridized carbons (Fsp3) is 0.0222. The van der Waals surface area contributed by atoms with Crippen LogP contribution in [0, 0.1) is 0 Å². The molecule has 452 valence electrons. The van der Waals surface area contributed by atoms with Crippen LogP contribution in [0.2, 0.25) is 10.6 Å². The zero-order valence-electron chi connectivity index (χ0n) is 42.5. The van der Waals surface area contributed by atoms with E-state index in [2.05, 4.69) is 66.3 Å². The number of nitrogens with one attached hydrogen (secondary N) is 3. The van der Waals surface area contributed by atoms with Crippen LogP contribution in [0.5, 0.6) is 11.5 Å². The van der Waals surface area contributed by atoms with E-state index >= 15 is 0 Å². The quantitative estimate of drug-likeness (QED) is 0.0283. The summed E-state index contributed by atoms with van der Waals surface area (Å²) < 4.78 is 208. The molecule has 0 saturated carbocycles. The summed E-state index contributed by atoms with van der Waals surface area (Å²) in [6.45, 7) is 0. The Morgan fingerprint density at radius 1 is 0.425 bits per heavy atom. The van der Waals surface area contributed by atoms with Gasteiger partial charge in [-0.25, -0.2) is 0 Å². The van der Waals surface area contributed by atoms with Gasteiger partial charge in [-0.3, -0.25) is 27.3 Å². The van der Waals surface area contributed by atoms with Crippen molar-refractivity contribution >= 4 is 175 Å². The van der Waals surface area contributed by atoms with Crippen molar-refractivity contribution in [2.75, 3.05) is 27.9 Å². The molecule has 0 aliphatic rings. The van der Waals surface area contributed by atoms with Crippen LogP contribution >= 0.6 is 23.2 Å². The Morgan fingerprint density at radius 2 is 0.805 bits per heavy atom. The largest absolute Gasteiger partial charge is 0.505 e. The summed E-state index contributed by atoms with van der Waals surface area (Å²) >= 11 is 12.6. The lowest BCUT2D eigenvalue weighted by atomic mass is 10.1. The average Bonchev–Trinajstić information content (AvgIpc) is 0.824. The molecule has 9 aromatic rings. The summed E-state index contributed by atoms with van der Waals surface area (Å²) in [5.74, 6) is -3.76. The molecule has 34 nitrogen and oxygen atoms in total. The number of fused-ring (bicyclic) bond motifs is 2. The van der Waals surface area contributed by atoms with Crippen LogP contribution in [0.15, 0.2) is 159 Å². The normalized spacial score (nSPS) is 12.7. The van der Waals surface area contributed by atoms with E-state index in [1.165, 1.54) is 60.5 Å². The van der Waals surface area contributed by atoms with Crippen molar-refractivity contribution in [3.8, 4) is 11.5 Å². The highest BCUT2D eigenvalue weighted by atomic mass is 35.5. The second kappa shape index (κ2) is 23.1. The van der Waals surface area contributed by atoms with E-state index in [1.807, 2.05) is 0 Å². The van der Waals surface area contributed by atoms with Crippen LogP contribution in [0.4, 0.5) is 69.3 Å². The van der Waals surface area contributed by atoms with E-state index < -0.39 is 180 Å². The molecule has 42 heteroatoms. The average molecular weight is 1350 g/mol. The molecule has 2 aromatic heterocycles. The van der Waals surface area contributed by atoms with E-state index in [4.69, 9.17) is 23.2 Å². The minimum absolute atomic E-state index is 0.221. The molecule has 0 aliphatic carbocycles. The lowest BCUT2D eigenvalue weighted by Crippen LogP contribution is -2.15. The monoisotopic (exact) mass is 1350 g/mol. The summed E-state index contributed by atoms with van der Waals surface area (Å²) in [4.78, 5) is 20.2. The Hall–Kier alpha value is -8.88. The van der Waals surface area contributed by atoms with Crippen molar-refractivity contribution in [2.45, 2.75) is 29.4 Å². The van der Waals surface area contributed by atoms with Gasteiger partial charge in [-0.15, -0.1) is 20.5 Å². The molecule has 11 N–H and O–H groups in total. The highest BCUT2D eigenvalue weighted by Crippen LogP contribution is 2.48. The van der Waals surface area contributed by atoms with Gasteiger partial charge in [0.05, 0.1) is 21.2 Å². The van der Waals surface area contributed by atoms with Gasteiger partial charge in [0, 0.05) is 29.2 Å². The second-order valence-corrected chi connectivity index (χ2v) is 26.5. The number of aromatic hydroxyl groups is 2. The van der Waals surface area contributed by atoms with Crippen LogP contribution in [0.3, 0.4) is 0 Å². The Morgan fingerprint density at radius 3 is 1.21 bits per heavy atom. The third-order valence-corrected chi connectivity index (χ3v) is 17.2. The molecular weight excluding hydrogens is 1320 g/mol. The van der Waals surface area contributed by atoms with Crippen LogP contribution in [0.25, 0.3) is 21.5 Å². The molecule has 0 unspecified atom stereocenters. The molecule has 0 amide bonds. The van der Waals surface area contributed by atoms with E-state index in [0.29, 0.717) is 23.9 Å². The first-order chi connectivity index (χ1) is 40.4. The van der Waals surface area contributed by atoms with Gasteiger partial charge in [0.2, 0.25) is 34.4 Å². The van der Waals surface area contributed by atoms with Crippen molar-refractivity contribution < 1.29 is 88.0 Å². The Balaban J connectivity index is 1.03. The topological polar surface area (TPSA) is 533 Å². The standard InChI is InChI=1S/C45H32Cl2N14O20S6/c1-61(45-54-41(47)53-44(56-45)50-29-19-25(83(67,68)69)15-21-17-33(87(79,80)81)37(39(63)35(21)29)60-58-27-7-3-5-9-31(27)85(73,74)75)23-12-10-22(11-13-23)48-42-51-40(46)52-43(55-42)49-28-18-24(82(64,65)66)14-20-16-32(86(76,77)78)36(38(62)34(20)28)59-57-26-6-2-4-8-30(26)84(70,71)72/h2-19,62-63H,1H3,(H,64,65,66)(H,67,68,69)(H,70,71,72)(H,73,74,75)(H,76,77,78)(H,79,80,81)(H,50,53,54,56)(H2,48,49,51,52,55)/b59-57+,60-58+. The molecule has 0 radical (unpaired) electrons. The predicted octanol–water partition coefficient (Wildman–Crippen LogP) is 8.39. The van der Waals surface area contributed by atoms with Gasteiger partial charge in [0.1, 0.15) is 42.3 Å². The van der Waals surface area contributed by atoms with Gasteiger partial charge in [-0.1, -0.05) is 24.3 Å². The molecule has 0 atom stereocenters. The van der Waals surface area contributed by atoms with Crippen molar-refractivity contribution in [1.29, 1.82) is 0 Å². The summed E-state index contributed by atoms with van der Waals surface area (Å²) in [5, 5.41) is 43.1. The summed E-state index contributed by atoms with van der Waals surface area (Å²) in [6.07, 6.45) is 0. The van der Waals surface area contributed by atoms with Crippen LogP contribution in [-0.4, -0.2) is 125 Å². The van der Waals surface area contributed by atoms with Gasteiger partial charge >= 0.3 is 0 Å². The number of phenolic OH excluding ortho intramolecular Hbond substituents is 2. The van der Waals surface area contributed by atoms with Crippen molar-refractivity contribution in [2.24, 2.45) is 20.5 Å². The van der Waals surface area contributed by atoms with Gasteiger partial charge < -0.3 is 31.1 Å². The molecule has 0 fully saturated rings. The van der Waals surface area contributed by atoms with Gasteiger partial charge in [-0.05, 0) is 119 Å². The van der Waals surface area contributed by atoms with Crippen LogP contribution < -0.4 is 20.9 Å². The molecule has 0 saturated heterocycles. The maximum atomic E-state index is 12.7. The second-order valence-electron chi connectivity index (χ2n) is 17.4. The zero-order chi connectivity index (χ0) is 63.5. The fourth-order valence-electron chi connectivity index (χ4n) is 7.99. The number of phenols is 2. The molecule has 0 aliphatic heterocycles. The van der Waals surface area contributed by atoms with Gasteiger partial charge in [-0.2, -0.15) is 80.4 Å². The van der Waals surface area contributed by atoms with Gasteiger partial charge in [0.15, 0.2) is 11.5 Å². The molecule has 0 spiro atoms. The number of anilines is 8. The molecule has 87 heavy (non-hydrogen) atoms. The number of benzene rings is 7. The van der Waals surface area contributed by atoms with E-state index in [9.17, 15) is 88.0 Å².